The van der Waals surface area contributed by atoms with Crippen LogP contribution >= 0.6 is 0 Å². The molecule has 6 rings (SSSR count). The zero-order valence-electron chi connectivity index (χ0n) is 21.1. The smallest absolute Gasteiger partial charge is 0.164 e. The molecule has 5 nitrogen and oxygen atoms in total. The van der Waals surface area contributed by atoms with Gasteiger partial charge in [0.25, 0.3) is 0 Å². The van der Waals surface area contributed by atoms with Gasteiger partial charge in [-0.3, -0.25) is 0 Å². The molecule has 0 saturated carbocycles. The number of aromatic nitrogens is 3. The molecule has 0 aliphatic carbocycles. The Morgan fingerprint density at radius 1 is 0.730 bits per heavy atom. The largest absolute Gasteiger partial charge is 0.493 e. The number of hydrogen-bond donors (Lipinski definition) is 0. The third kappa shape index (κ3) is 3.99. The van der Waals surface area contributed by atoms with Crippen LogP contribution in [0.4, 0.5) is 0 Å². The van der Waals surface area contributed by atoms with Gasteiger partial charge in [0.1, 0.15) is 0 Å². The second-order valence-corrected chi connectivity index (χ2v) is 9.08. The van der Waals surface area contributed by atoms with Gasteiger partial charge < -0.3 is 9.47 Å². The summed E-state index contributed by atoms with van der Waals surface area (Å²) in [5.74, 6) is 1.35. The molecule has 6 aromatic rings. The van der Waals surface area contributed by atoms with Crippen molar-refractivity contribution in [3.05, 3.63) is 114 Å². The highest BCUT2D eigenvalue weighted by molar-refractivity contribution is 6.12. The van der Waals surface area contributed by atoms with Gasteiger partial charge in [0.15, 0.2) is 17.1 Å². The zero-order chi connectivity index (χ0) is 25.4. The van der Waals surface area contributed by atoms with Crippen LogP contribution < -0.4 is 9.47 Å². The number of pyridine rings is 1. The van der Waals surface area contributed by atoms with Gasteiger partial charge in [-0.1, -0.05) is 72.8 Å². The number of fused-ring (bicyclic) bond motifs is 3. The average Bonchev–Trinajstić information content (AvgIpc) is 3.31. The fraction of sp³-hybridized carbons (Fsp3) is 0.125. The number of nitrogens with zero attached hydrogens (tertiary/aromatic N) is 3. The minimum absolute atomic E-state index is 0.672. The Morgan fingerprint density at radius 3 is 2.03 bits per heavy atom. The predicted molar refractivity (Wildman–Crippen MR) is 149 cm³/mol. The summed E-state index contributed by atoms with van der Waals surface area (Å²) in [6.07, 6.45) is 0.687. The quantitative estimate of drug-likeness (QED) is 0.251. The van der Waals surface area contributed by atoms with Gasteiger partial charge >= 0.3 is 0 Å². The van der Waals surface area contributed by atoms with E-state index in [0.717, 1.165) is 50.0 Å². The lowest BCUT2D eigenvalue weighted by atomic mass is 9.96. The van der Waals surface area contributed by atoms with E-state index in [9.17, 15) is 0 Å². The average molecular weight is 486 g/mol. The maximum Gasteiger partial charge on any atom is 0.164 e. The van der Waals surface area contributed by atoms with E-state index in [1.54, 1.807) is 14.2 Å². The predicted octanol–water partition coefficient (Wildman–Crippen LogP) is 7.16. The van der Waals surface area contributed by atoms with Gasteiger partial charge in [0, 0.05) is 22.8 Å². The first-order valence-corrected chi connectivity index (χ1v) is 12.3. The highest BCUT2D eigenvalue weighted by Gasteiger charge is 2.22. The molecule has 0 unspecified atom stereocenters. The molecule has 182 valence electrons. The number of para-hydroxylation sites is 1. The molecule has 0 N–H and O–H groups in total. The van der Waals surface area contributed by atoms with Gasteiger partial charge in [0.05, 0.1) is 36.7 Å². The van der Waals surface area contributed by atoms with Crippen LogP contribution in [0, 0.1) is 6.92 Å². The zero-order valence-corrected chi connectivity index (χ0v) is 21.1. The number of ether oxygens (including phenoxy) is 2. The maximum atomic E-state index is 5.74. The van der Waals surface area contributed by atoms with E-state index in [4.69, 9.17) is 19.6 Å². The Morgan fingerprint density at radius 2 is 1.35 bits per heavy atom. The first-order valence-electron chi connectivity index (χ1n) is 12.3. The summed E-state index contributed by atoms with van der Waals surface area (Å²) < 4.78 is 13.4. The van der Waals surface area contributed by atoms with Crippen molar-refractivity contribution < 1.29 is 9.47 Å². The molecule has 0 fully saturated rings. The molecule has 0 radical (unpaired) electrons. The minimum Gasteiger partial charge on any atom is -0.493 e. The van der Waals surface area contributed by atoms with Crippen LogP contribution in [-0.4, -0.2) is 29.0 Å². The Bertz CT molecular complexity index is 1720. The summed E-state index contributed by atoms with van der Waals surface area (Å²) >= 11 is 0. The molecule has 0 bridgehead atoms. The molecule has 0 aliphatic rings. The fourth-order valence-electron chi connectivity index (χ4n) is 4.99. The summed E-state index contributed by atoms with van der Waals surface area (Å²) in [4.78, 5) is 5.31. The van der Waals surface area contributed by atoms with Crippen molar-refractivity contribution in [1.82, 2.24) is 14.8 Å². The van der Waals surface area contributed by atoms with Crippen LogP contribution in [0.2, 0.25) is 0 Å². The van der Waals surface area contributed by atoms with Crippen LogP contribution in [-0.2, 0) is 6.42 Å². The lowest BCUT2D eigenvalue weighted by Crippen LogP contribution is -2.00. The monoisotopic (exact) mass is 485 g/mol. The minimum atomic E-state index is 0.672. The Kier molecular flexibility index (Phi) is 5.81. The van der Waals surface area contributed by atoms with E-state index in [0.29, 0.717) is 17.9 Å². The number of hydrogen-bond acceptors (Lipinski definition) is 4. The van der Waals surface area contributed by atoms with E-state index in [1.165, 1.54) is 5.56 Å². The van der Waals surface area contributed by atoms with Crippen molar-refractivity contribution in [1.29, 1.82) is 0 Å². The molecule has 0 spiro atoms. The first kappa shape index (κ1) is 22.8. The molecule has 0 aliphatic heterocycles. The summed E-state index contributed by atoms with van der Waals surface area (Å²) in [5.41, 5.74) is 7.06. The molecule has 0 saturated heterocycles. The van der Waals surface area contributed by atoms with E-state index in [-0.39, 0.29) is 0 Å². The van der Waals surface area contributed by atoms with Crippen LogP contribution in [0.25, 0.3) is 38.8 Å². The van der Waals surface area contributed by atoms with Gasteiger partial charge in [0.2, 0.25) is 0 Å². The number of benzene rings is 4. The van der Waals surface area contributed by atoms with Crippen LogP contribution in [0.15, 0.2) is 97.1 Å². The second-order valence-electron chi connectivity index (χ2n) is 9.08. The van der Waals surface area contributed by atoms with Crippen LogP contribution in [0.5, 0.6) is 11.5 Å². The molecule has 2 aromatic heterocycles. The number of methoxy groups -OCH3 is 2. The van der Waals surface area contributed by atoms with E-state index >= 15 is 0 Å². The summed E-state index contributed by atoms with van der Waals surface area (Å²) in [6, 6.07) is 33.0. The number of aryl methyl sites for hydroxylation is 1. The highest BCUT2D eigenvalue weighted by atomic mass is 16.5. The van der Waals surface area contributed by atoms with Gasteiger partial charge in [-0.2, -0.15) is 5.10 Å². The lowest BCUT2D eigenvalue weighted by Gasteiger charge is -2.15. The van der Waals surface area contributed by atoms with Crippen molar-refractivity contribution in [3.63, 3.8) is 0 Å². The highest BCUT2D eigenvalue weighted by Crippen LogP contribution is 2.41. The Balaban J connectivity index is 1.76. The molecule has 0 atom stereocenters. The standard InChI is InChI=1S/C32H27N3O2/c1-21-12-10-11-17-24(21)31-26-20-29(37-3)28(36-2)19-25(26)30-27(18-22-13-6-4-7-14-22)34-35(32(30)33-31)23-15-8-5-9-16-23/h4-17,19-20H,18H2,1-3H3. The lowest BCUT2D eigenvalue weighted by molar-refractivity contribution is 0.356. The fourth-order valence-corrected chi connectivity index (χ4v) is 4.99. The number of rotatable bonds is 6. The first-order chi connectivity index (χ1) is 18.2. The van der Waals surface area contributed by atoms with Crippen molar-refractivity contribution >= 4 is 21.8 Å². The molecular weight excluding hydrogens is 458 g/mol. The maximum absolute atomic E-state index is 5.74. The van der Waals surface area contributed by atoms with Crippen molar-refractivity contribution in [3.8, 4) is 28.4 Å². The SMILES string of the molecule is COc1cc2c(-c3ccccc3C)nc3c(c(Cc4ccccc4)nn3-c3ccccc3)c2cc1OC. The summed E-state index contributed by atoms with van der Waals surface area (Å²) in [5, 5.41) is 8.19. The van der Waals surface area contributed by atoms with Gasteiger partial charge in [-0.15, -0.1) is 0 Å². The summed E-state index contributed by atoms with van der Waals surface area (Å²) in [6.45, 7) is 2.11. The van der Waals surface area contributed by atoms with Gasteiger partial charge in [-0.05, 0) is 42.3 Å². The third-order valence-electron chi connectivity index (χ3n) is 6.81. The van der Waals surface area contributed by atoms with E-state index in [1.807, 2.05) is 35.0 Å². The van der Waals surface area contributed by atoms with E-state index in [2.05, 4.69) is 73.7 Å². The Labute approximate surface area is 215 Å². The normalized spacial score (nSPS) is 11.2. The van der Waals surface area contributed by atoms with Crippen molar-refractivity contribution in [2.75, 3.05) is 14.2 Å². The van der Waals surface area contributed by atoms with Crippen LogP contribution in [0.1, 0.15) is 16.8 Å². The molecule has 5 heteroatoms. The summed E-state index contributed by atoms with van der Waals surface area (Å²) in [7, 11) is 3.33. The topological polar surface area (TPSA) is 49.2 Å². The molecular formula is C32H27N3O2. The Hall–Kier alpha value is -4.64. The second kappa shape index (κ2) is 9.43. The molecule has 37 heavy (non-hydrogen) atoms. The molecule has 4 aromatic carbocycles. The molecule has 0 amide bonds. The molecule has 2 heterocycles. The van der Waals surface area contributed by atoms with Crippen LogP contribution in [0.3, 0.4) is 0 Å². The van der Waals surface area contributed by atoms with Crippen molar-refractivity contribution in [2.45, 2.75) is 13.3 Å². The van der Waals surface area contributed by atoms with E-state index < -0.39 is 0 Å². The van der Waals surface area contributed by atoms with Crippen molar-refractivity contribution in [2.24, 2.45) is 0 Å². The third-order valence-corrected chi connectivity index (χ3v) is 6.81. The van der Waals surface area contributed by atoms with Gasteiger partial charge in [-0.25, -0.2) is 9.67 Å².